The molecule has 1 aliphatic rings. The molecule has 3 nitrogen and oxygen atoms in total. The standard InChI is InChI=1S/C17H29N3/c1-17(2,3)18-14-15-10-9-11-16(19-15)20-12-7-5-4-6-8-13-20/h9-11,18H,4-8,12-14H2,1-3H3. The number of nitrogens with zero attached hydrogens (tertiary/aromatic N) is 2. The maximum atomic E-state index is 4.84. The molecule has 0 bridgehead atoms. The second kappa shape index (κ2) is 7.07. The lowest BCUT2D eigenvalue weighted by molar-refractivity contribution is 0.421. The zero-order valence-electron chi connectivity index (χ0n) is 13.3. The number of nitrogens with one attached hydrogen (secondary N) is 1. The third-order valence-electron chi connectivity index (χ3n) is 3.77. The molecule has 0 aliphatic carbocycles. The van der Waals surface area contributed by atoms with Gasteiger partial charge in [0.05, 0.1) is 5.69 Å². The van der Waals surface area contributed by atoms with Gasteiger partial charge in [0, 0.05) is 25.2 Å². The average molecular weight is 275 g/mol. The fourth-order valence-corrected chi connectivity index (χ4v) is 2.57. The van der Waals surface area contributed by atoms with E-state index >= 15 is 0 Å². The van der Waals surface area contributed by atoms with Crippen molar-refractivity contribution in [1.82, 2.24) is 10.3 Å². The highest BCUT2D eigenvalue weighted by Crippen LogP contribution is 2.17. The molecule has 0 radical (unpaired) electrons. The first kappa shape index (κ1) is 15.3. The van der Waals surface area contributed by atoms with Crippen LogP contribution in [0.25, 0.3) is 0 Å². The third-order valence-corrected chi connectivity index (χ3v) is 3.77. The Morgan fingerprint density at radius 3 is 2.35 bits per heavy atom. The molecular formula is C17H29N3. The summed E-state index contributed by atoms with van der Waals surface area (Å²) >= 11 is 0. The SMILES string of the molecule is CC(C)(C)NCc1cccc(N2CCCCCCC2)n1. The molecule has 0 spiro atoms. The Morgan fingerprint density at radius 1 is 1.05 bits per heavy atom. The maximum Gasteiger partial charge on any atom is 0.128 e. The summed E-state index contributed by atoms with van der Waals surface area (Å²) in [5.41, 5.74) is 1.28. The molecule has 0 aromatic carbocycles. The van der Waals surface area contributed by atoms with E-state index in [1.807, 2.05) is 0 Å². The van der Waals surface area contributed by atoms with Crippen LogP contribution in [0.3, 0.4) is 0 Å². The zero-order chi connectivity index (χ0) is 14.4. The van der Waals surface area contributed by atoms with Gasteiger partial charge in [-0.15, -0.1) is 0 Å². The maximum absolute atomic E-state index is 4.84. The molecule has 1 aromatic rings. The van der Waals surface area contributed by atoms with Gasteiger partial charge in [-0.3, -0.25) is 0 Å². The molecule has 112 valence electrons. The number of anilines is 1. The van der Waals surface area contributed by atoms with Crippen molar-refractivity contribution in [3.8, 4) is 0 Å². The highest BCUT2D eigenvalue weighted by atomic mass is 15.2. The molecule has 1 N–H and O–H groups in total. The highest BCUT2D eigenvalue weighted by molar-refractivity contribution is 5.39. The first-order valence-electron chi connectivity index (χ1n) is 8.00. The van der Waals surface area contributed by atoms with Gasteiger partial charge in [0.1, 0.15) is 5.82 Å². The molecule has 1 fully saturated rings. The van der Waals surface area contributed by atoms with Gasteiger partial charge in [-0.25, -0.2) is 4.98 Å². The third kappa shape index (κ3) is 5.12. The molecule has 2 heterocycles. The smallest absolute Gasteiger partial charge is 0.128 e. The highest BCUT2D eigenvalue weighted by Gasteiger charge is 2.12. The van der Waals surface area contributed by atoms with Crippen LogP contribution in [0.5, 0.6) is 0 Å². The number of rotatable bonds is 3. The predicted molar refractivity (Wildman–Crippen MR) is 86.1 cm³/mol. The van der Waals surface area contributed by atoms with E-state index in [1.165, 1.54) is 32.1 Å². The van der Waals surface area contributed by atoms with E-state index in [0.29, 0.717) is 0 Å². The lowest BCUT2D eigenvalue weighted by atomic mass is 10.1. The molecule has 0 atom stereocenters. The minimum absolute atomic E-state index is 0.137. The molecule has 1 saturated heterocycles. The molecule has 0 unspecified atom stereocenters. The van der Waals surface area contributed by atoms with Crippen molar-refractivity contribution in [3.05, 3.63) is 23.9 Å². The fraction of sp³-hybridized carbons (Fsp3) is 0.706. The molecule has 1 aromatic heterocycles. The molecule has 0 amide bonds. The summed E-state index contributed by atoms with van der Waals surface area (Å²) in [5.74, 6) is 1.15. The Hall–Kier alpha value is -1.09. The minimum Gasteiger partial charge on any atom is -0.357 e. The van der Waals surface area contributed by atoms with E-state index in [9.17, 15) is 0 Å². The summed E-state index contributed by atoms with van der Waals surface area (Å²) < 4.78 is 0. The summed E-state index contributed by atoms with van der Waals surface area (Å²) in [6.07, 6.45) is 6.72. The molecule has 1 aliphatic heterocycles. The van der Waals surface area contributed by atoms with Gasteiger partial charge in [0.2, 0.25) is 0 Å². The summed E-state index contributed by atoms with van der Waals surface area (Å²) in [6.45, 7) is 9.72. The number of hydrogen-bond donors (Lipinski definition) is 1. The summed E-state index contributed by atoms with van der Waals surface area (Å²) in [6, 6.07) is 6.41. The molecule has 0 saturated carbocycles. The number of pyridine rings is 1. The Kier molecular flexibility index (Phi) is 5.41. The van der Waals surface area contributed by atoms with Crippen LogP contribution in [0.4, 0.5) is 5.82 Å². The van der Waals surface area contributed by atoms with Crippen LogP contribution in [0.2, 0.25) is 0 Å². The summed E-state index contributed by atoms with van der Waals surface area (Å²) in [7, 11) is 0. The zero-order valence-corrected chi connectivity index (χ0v) is 13.3. The van der Waals surface area contributed by atoms with Crippen molar-refractivity contribution in [2.45, 2.75) is 65.0 Å². The normalized spacial score (nSPS) is 17.6. The van der Waals surface area contributed by atoms with Crippen LogP contribution in [0.1, 0.15) is 58.6 Å². The van der Waals surface area contributed by atoms with Crippen molar-refractivity contribution in [2.24, 2.45) is 0 Å². The van der Waals surface area contributed by atoms with Crippen molar-refractivity contribution in [3.63, 3.8) is 0 Å². The second-order valence-electron chi connectivity index (χ2n) is 6.85. The van der Waals surface area contributed by atoms with Crippen LogP contribution >= 0.6 is 0 Å². The largest absolute Gasteiger partial charge is 0.357 e. The van der Waals surface area contributed by atoms with E-state index in [1.54, 1.807) is 0 Å². The lowest BCUT2D eigenvalue weighted by Crippen LogP contribution is -2.35. The first-order valence-corrected chi connectivity index (χ1v) is 8.00. The average Bonchev–Trinajstić information content (AvgIpc) is 2.35. The van der Waals surface area contributed by atoms with Gasteiger partial charge in [0.15, 0.2) is 0 Å². The Balaban J connectivity index is 2.00. The Labute approximate surface area is 123 Å². The van der Waals surface area contributed by atoms with Crippen molar-refractivity contribution < 1.29 is 0 Å². The lowest BCUT2D eigenvalue weighted by Gasteiger charge is -2.26. The fourth-order valence-electron chi connectivity index (χ4n) is 2.57. The van der Waals surface area contributed by atoms with Gasteiger partial charge in [-0.1, -0.05) is 25.3 Å². The van der Waals surface area contributed by atoms with Crippen LogP contribution in [-0.4, -0.2) is 23.6 Å². The van der Waals surface area contributed by atoms with E-state index in [4.69, 9.17) is 4.98 Å². The quantitative estimate of drug-likeness (QED) is 0.911. The number of hydrogen-bond acceptors (Lipinski definition) is 3. The first-order chi connectivity index (χ1) is 9.54. The van der Waals surface area contributed by atoms with E-state index in [-0.39, 0.29) is 5.54 Å². The van der Waals surface area contributed by atoms with Gasteiger partial charge in [0.25, 0.3) is 0 Å². The van der Waals surface area contributed by atoms with Crippen LogP contribution < -0.4 is 10.2 Å². The van der Waals surface area contributed by atoms with E-state index in [2.05, 4.69) is 49.2 Å². The Morgan fingerprint density at radius 2 is 1.70 bits per heavy atom. The van der Waals surface area contributed by atoms with E-state index in [0.717, 1.165) is 31.1 Å². The van der Waals surface area contributed by atoms with Crippen LogP contribution in [-0.2, 0) is 6.54 Å². The summed E-state index contributed by atoms with van der Waals surface area (Å²) in [4.78, 5) is 7.29. The minimum atomic E-state index is 0.137. The summed E-state index contributed by atoms with van der Waals surface area (Å²) in [5, 5.41) is 3.51. The van der Waals surface area contributed by atoms with Crippen molar-refractivity contribution in [1.29, 1.82) is 0 Å². The van der Waals surface area contributed by atoms with Gasteiger partial charge in [-0.2, -0.15) is 0 Å². The van der Waals surface area contributed by atoms with Gasteiger partial charge < -0.3 is 10.2 Å². The molecule has 20 heavy (non-hydrogen) atoms. The van der Waals surface area contributed by atoms with Crippen molar-refractivity contribution in [2.75, 3.05) is 18.0 Å². The Bertz CT molecular complexity index is 401. The van der Waals surface area contributed by atoms with Crippen molar-refractivity contribution >= 4 is 5.82 Å². The number of aromatic nitrogens is 1. The van der Waals surface area contributed by atoms with Crippen LogP contribution in [0.15, 0.2) is 18.2 Å². The van der Waals surface area contributed by atoms with Crippen LogP contribution in [0, 0.1) is 0 Å². The molecule has 2 rings (SSSR count). The molecule has 3 heteroatoms. The topological polar surface area (TPSA) is 28.2 Å². The second-order valence-corrected chi connectivity index (χ2v) is 6.85. The predicted octanol–water partition coefficient (Wildman–Crippen LogP) is 3.74. The monoisotopic (exact) mass is 275 g/mol. The van der Waals surface area contributed by atoms with Gasteiger partial charge in [-0.05, 0) is 45.7 Å². The van der Waals surface area contributed by atoms with E-state index < -0.39 is 0 Å². The van der Waals surface area contributed by atoms with Gasteiger partial charge >= 0.3 is 0 Å². The molecular weight excluding hydrogens is 246 g/mol.